The minimum atomic E-state index is 0.907. The summed E-state index contributed by atoms with van der Waals surface area (Å²) >= 11 is 0. The second-order valence-electron chi connectivity index (χ2n) is 2.84. The van der Waals surface area contributed by atoms with E-state index in [-0.39, 0.29) is 0 Å². The van der Waals surface area contributed by atoms with Crippen LogP contribution in [-0.4, -0.2) is 28.5 Å². The molecule has 0 spiro atoms. The number of nitrogens with one attached hydrogen (secondary N) is 1. The van der Waals surface area contributed by atoms with Gasteiger partial charge < -0.3 is 4.98 Å². The van der Waals surface area contributed by atoms with Crippen molar-refractivity contribution in [1.29, 1.82) is 0 Å². The summed E-state index contributed by atoms with van der Waals surface area (Å²) in [7, 11) is 2.08. The monoisotopic (exact) mass is 153 g/mol. The molecule has 0 saturated heterocycles. The molecule has 0 bridgehead atoms. The van der Waals surface area contributed by atoms with Crippen molar-refractivity contribution in [1.82, 2.24) is 14.9 Å². The van der Waals surface area contributed by atoms with Crippen LogP contribution >= 0.6 is 0 Å². The molecule has 3 heteroatoms. The predicted octanol–water partition coefficient (Wildman–Crippen LogP) is 1.17. The molecule has 0 aliphatic rings. The van der Waals surface area contributed by atoms with Crippen LogP contribution in [0.25, 0.3) is 0 Å². The number of H-pyrrole nitrogens is 1. The third-order valence-electron chi connectivity index (χ3n) is 1.72. The molecular formula is C8H15N3. The molecule has 0 saturated carbocycles. The van der Waals surface area contributed by atoms with Gasteiger partial charge >= 0.3 is 0 Å². The molecule has 11 heavy (non-hydrogen) atoms. The SMILES string of the molecule is CCN(C)Cc1ncc(C)[nH]1. The van der Waals surface area contributed by atoms with E-state index in [1.807, 2.05) is 13.1 Å². The van der Waals surface area contributed by atoms with Crippen molar-refractivity contribution in [3.63, 3.8) is 0 Å². The minimum absolute atomic E-state index is 0.907. The van der Waals surface area contributed by atoms with E-state index in [0.29, 0.717) is 0 Å². The smallest absolute Gasteiger partial charge is 0.120 e. The van der Waals surface area contributed by atoms with Crippen LogP contribution in [0.5, 0.6) is 0 Å². The average Bonchev–Trinajstić information content (AvgIpc) is 2.35. The van der Waals surface area contributed by atoms with E-state index in [2.05, 4.69) is 28.8 Å². The number of aromatic amines is 1. The van der Waals surface area contributed by atoms with Gasteiger partial charge in [0.25, 0.3) is 0 Å². The first-order valence-corrected chi connectivity index (χ1v) is 3.91. The van der Waals surface area contributed by atoms with Crippen LogP contribution in [0, 0.1) is 6.92 Å². The average molecular weight is 153 g/mol. The lowest BCUT2D eigenvalue weighted by Crippen LogP contribution is -2.17. The molecule has 0 amide bonds. The Morgan fingerprint density at radius 3 is 2.82 bits per heavy atom. The largest absolute Gasteiger partial charge is 0.345 e. The summed E-state index contributed by atoms with van der Waals surface area (Å²) in [4.78, 5) is 9.60. The number of aromatic nitrogens is 2. The van der Waals surface area contributed by atoms with Gasteiger partial charge in [-0.15, -0.1) is 0 Å². The summed E-state index contributed by atoms with van der Waals surface area (Å²) in [5.41, 5.74) is 1.13. The van der Waals surface area contributed by atoms with E-state index in [1.165, 1.54) is 0 Å². The zero-order chi connectivity index (χ0) is 8.27. The van der Waals surface area contributed by atoms with Gasteiger partial charge in [-0.2, -0.15) is 0 Å². The van der Waals surface area contributed by atoms with Gasteiger partial charge in [-0.25, -0.2) is 4.98 Å². The van der Waals surface area contributed by atoms with Crippen LogP contribution in [0.2, 0.25) is 0 Å². The molecule has 3 nitrogen and oxygen atoms in total. The number of rotatable bonds is 3. The van der Waals surface area contributed by atoms with Crippen molar-refractivity contribution < 1.29 is 0 Å². The first-order chi connectivity index (χ1) is 5.22. The maximum absolute atomic E-state index is 4.21. The Labute approximate surface area is 67.4 Å². The summed E-state index contributed by atoms with van der Waals surface area (Å²) in [5.74, 6) is 1.05. The Hall–Kier alpha value is -0.830. The third kappa shape index (κ3) is 2.35. The van der Waals surface area contributed by atoms with Gasteiger partial charge in [0.15, 0.2) is 0 Å². The van der Waals surface area contributed by atoms with E-state index in [1.54, 1.807) is 0 Å². The first-order valence-electron chi connectivity index (χ1n) is 3.91. The van der Waals surface area contributed by atoms with Gasteiger partial charge in [-0.05, 0) is 20.5 Å². The Kier molecular flexibility index (Phi) is 2.65. The van der Waals surface area contributed by atoms with Gasteiger partial charge in [0.1, 0.15) is 5.82 Å². The molecule has 0 aliphatic carbocycles. The van der Waals surface area contributed by atoms with E-state index in [4.69, 9.17) is 0 Å². The molecule has 1 aromatic rings. The molecule has 1 heterocycles. The van der Waals surface area contributed by atoms with E-state index >= 15 is 0 Å². The lowest BCUT2D eigenvalue weighted by atomic mass is 10.5. The van der Waals surface area contributed by atoms with Crippen molar-refractivity contribution in [2.75, 3.05) is 13.6 Å². The minimum Gasteiger partial charge on any atom is -0.345 e. The van der Waals surface area contributed by atoms with Gasteiger partial charge in [-0.1, -0.05) is 6.92 Å². The van der Waals surface area contributed by atoms with Crippen LogP contribution in [0.1, 0.15) is 18.4 Å². The molecule has 0 atom stereocenters. The molecule has 0 unspecified atom stereocenters. The van der Waals surface area contributed by atoms with Gasteiger partial charge in [0.2, 0.25) is 0 Å². The Morgan fingerprint density at radius 1 is 1.64 bits per heavy atom. The lowest BCUT2D eigenvalue weighted by Gasteiger charge is -2.10. The lowest BCUT2D eigenvalue weighted by molar-refractivity contribution is 0.337. The highest BCUT2D eigenvalue weighted by molar-refractivity contribution is 4.97. The van der Waals surface area contributed by atoms with Crippen molar-refractivity contribution in [2.45, 2.75) is 20.4 Å². The topological polar surface area (TPSA) is 31.9 Å². The van der Waals surface area contributed by atoms with Crippen molar-refractivity contribution in [2.24, 2.45) is 0 Å². The highest BCUT2D eigenvalue weighted by Gasteiger charge is 1.99. The zero-order valence-electron chi connectivity index (χ0n) is 7.39. The third-order valence-corrected chi connectivity index (χ3v) is 1.72. The zero-order valence-corrected chi connectivity index (χ0v) is 7.39. The Balaban J connectivity index is 2.50. The molecule has 1 N–H and O–H groups in total. The number of nitrogens with zero attached hydrogens (tertiary/aromatic N) is 2. The normalized spacial score (nSPS) is 10.9. The molecule has 0 radical (unpaired) electrons. The summed E-state index contributed by atoms with van der Waals surface area (Å²) < 4.78 is 0. The van der Waals surface area contributed by atoms with Crippen molar-refractivity contribution in [3.8, 4) is 0 Å². The van der Waals surface area contributed by atoms with Crippen LogP contribution in [0.4, 0.5) is 0 Å². The van der Waals surface area contributed by atoms with E-state index < -0.39 is 0 Å². The quantitative estimate of drug-likeness (QED) is 0.707. The molecule has 1 rings (SSSR count). The predicted molar refractivity (Wildman–Crippen MR) is 45.3 cm³/mol. The molecule has 0 aromatic carbocycles. The van der Waals surface area contributed by atoms with E-state index in [0.717, 1.165) is 24.6 Å². The standard InChI is InChI=1S/C8H15N3/c1-4-11(3)6-8-9-5-7(2)10-8/h5H,4,6H2,1-3H3,(H,9,10). The van der Waals surface area contributed by atoms with Gasteiger partial charge in [0, 0.05) is 11.9 Å². The van der Waals surface area contributed by atoms with Crippen LogP contribution in [0.3, 0.4) is 0 Å². The maximum Gasteiger partial charge on any atom is 0.120 e. The summed E-state index contributed by atoms with van der Waals surface area (Å²) in [6.07, 6.45) is 1.86. The molecular weight excluding hydrogens is 138 g/mol. The van der Waals surface area contributed by atoms with Gasteiger partial charge in [-0.3, -0.25) is 4.90 Å². The molecule has 0 fully saturated rings. The Bertz CT molecular complexity index is 217. The fraction of sp³-hybridized carbons (Fsp3) is 0.625. The van der Waals surface area contributed by atoms with E-state index in [9.17, 15) is 0 Å². The fourth-order valence-electron chi connectivity index (χ4n) is 0.915. The number of hydrogen-bond donors (Lipinski definition) is 1. The first kappa shape index (κ1) is 8.27. The van der Waals surface area contributed by atoms with Crippen molar-refractivity contribution in [3.05, 3.63) is 17.7 Å². The number of hydrogen-bond acceptors (Lipinski definition) is 2. The summed E-state index contributed by atoms with van der Waals surface area (Å²) in [5, 5.41) is 0. The molecule has 1 aromatic heterocycles. The molecule has 62 valence electrons. The summed E-state index contributed by atoms with van der Waals surface area (Å²) in [6, 6.07) is 0. The van der Waals surface area contributed by atoms with Crippen molar-refractivity contribution >= 4 is 0 Å². The fourth-order valence-corrected chi connectivity index (χ4v) is 0.915. The highest BCUT2D eigenvalue weighted by Crippen LogP contribution is 1.97. The Morgan fingerprint density at radius 2 is 2.36 bits per heavy atom. The number of aryl methyl sites for hydroxylation is 1. The number of imidazole rings is 1. The van der Waals surface area contributed by atoms with Gasteiger partial charge in [0.05, 0.1) is 6.54 Å². The highest BCUT2D eigenvalue weighted by atomic mass is 15.1. The molecule has 0 aliphatic heterocycles. The second kappa shape index (κ2) is 3.53. The maximum atomic E-state index is 4.21. The second-order valence-corrected chi connectivity index (χ2v) is 2.84. The summed E-state index contributed by atoms with van der Waals surface area (Å²) in [6.45, 7) is 6.11. The van der Waals surface area contributed by atoms with Crippen LogP contribution in [0.15, 0.2) is 6.20 Å². The van der Waals surface area contributed by atoms with Crippen LogP contribution in [-0.2, 0) is 6.54 Å². The van der Waals surface area contributed by atoms with Crippen LogP contribution < -0.4 is 0 Å².